The van der Waals surface area contributed by atoms with Crippen LogP contribution in [0.5, 0.6) is 0 Å². The van der Waals surface area contributed by atoms with Crippen molar-refractivity contribution in [1.82, 2.24) is 19.9 Å². The second-order valence-electron chi connectivity index (χ2n) is 6.78. The highest BCUT2D eigenvalue weighted by Gasteiger charge is 2.31. The summed E-state index contributed by atoms with van der Waals surface area (Å²) in [6, 6.07) is 11.2. The Morgan fingerprint density at radius 1 is 1.18 bits per heavy atom. The number of aryl methyl sites for hydroxylation is 1. The molecule has 7 heteroatoms. The van der Waals surface area contributed by atoms with Crippen molar-refractivity contribution in [3.63, 3.8) is 0 Å². The van der Waals surface area contributed by atoms with Gasteiger partial charge in [0.1, 0.15) is 5.82 Å². The van der Waals surface area contributed by atoms with Gasteiger partial charge >= 0.3 is 0 Å². The third-order valence-corrected chi connectivity index (χ3v) is 5.09. The summed E-state index contributed by atoms with van der Waals surface area (Å²) >= 11 is 6.39. The first kappa shape index (κ1) is 18.4. The molecule has 6 nitrogen and oxygen atoms in total. The van der Waals surface area contributed by atoms with Gasteiger partial charge in [0.25, 0.3) is 5.91 Å². The van der Waals surface area contributed by atoms with E-state index in [0.717, 1.165) is 29.9 Å². The molecule has 1 aliphatic rings. The molecule has 142 valence electrons. The topological polar surface area (TPSA) is 71.0 Å². The van der Waals surface area contributed by atoms with Crippen molar-refractivity contribution in [2.45, 2.75) is 25.8 Å². The van der Waals surface area contributed by atoms with Crippen LogP contribution in [-0.4, -0.2) is 32.3 Å². The van der Waals surface area contributed by atoms with Crippen LogP contribution in [0, 0.1) is 6.92 Å². The minimum absolute atomic E-state index is 0.0103. The second kappa shape index (κ2) is 7.94. The molecule has 1 amide bonds. The summed E-state index contributed by atoms with van der Waals surface area (Å²) < 4.78 is 0. The van der Waals surface area contributed by atoms with Crippen LogP contribution in [0.1, 0.15) is 40.6 Å². The normalized spacial score (nSPS) is 16.2. The van der Waals surface area contributed by atoms with Crippen LogP contribution in [0.3, 0.4) is 0 Å². The molecule has 28 heavy (non-hydrogen) atoms. The molecule has 3 aromatic rings. The van der Waals surface area contributed by atoms with Crippen LogP contribution in [0.25, 0.3) is 0 Å². The molecule has 0 aliphatic carbocycles. The number of nitrogens with one attached hydrogen (secondary N) is 1. The SMILES string of the molecule is Cc1ccc(Nc2ncc(C(=O)N3CCCC3c3ccccn3)cc2Cl)cn1. The summed E-state index contributed by atoms with van der Waals surface area (Å²) in [6.45, 7) is 2.62. The average molecular weight is 394 g/mol. The van der Waals surface area contributed by atoms with E-state index in [-0.39, 0.29) is 11.9 Å². The Morgan fingerprint density at radius 3 is 2.79 bits per heavy atom. The third-order valence-electron chi connectivity index (χ3n) is 4.81. The summed E-state index contributed by atoms with van der Waals surface area (Å²) in [5.74, 6) is 0.415. The maximum absolute atomic E-state index is 13.1. The van der Waals surface area contributed by atoms with E-state index in [1.54, 1.807) is 24.7 Å². The van der Waals surface area contributed by atoms with Gasteiger partial charge in [0, 0.05) is 24.6 Å². The molecule has 1 fully saturated rings. The van der Waals surface area contributed by atoms with Gasteiger partial charge < -0.3 is 10.2 Å². The van der Waals surface area contributed by atoms with Gasteiger partial charge in [-0.25, -0.2) is 4.98 Å². The van der Waals surface area contributed by atoms with Crippen LogP contribution in [0.4, 0.5) is 11.5 Å². The summed E-state index contributed by atoms with van der Waals surface area (Å²) in [4.78, 5) is 27.9. The highest BCUT2D eigenvalue weighted by atomic mass is 35.5. The lowest BCUT2D eigenvalue weighted by molar-refractivity contribution is 0.0732. The Balaban J connectivity index is 1.53. The fourth-order valence-corrected chi connectivity index (χ4v) is 3.60. The molecule has 1 N–H and O–H groups in total. The van der Waals surface area contributed by atoms with Gasteiger partial charge in [-0.3, -0.25) is 14.8 Å². The molecule has 1 atom stereocenters. The molecule has 0 radical (unpaired) electrons. The summed E-state index contributed by atoms with van der Waals surface area (Å²) in [5, 5.41) is 3.52. The lowest BCUT2D eigenvalue weighted by atomic mass is 10.1. The monoisotopic (exact) mass is 393 g/mol. The number of carbonyl (C=O) groups is 1. The molecule has 0 bridgehead atoms. The van der Waals surface area contributed by atoms with E-state index < -0.39 is 0 Å². The number of carbonyl (C=O) groups excluding carboxylic acids is 1. The Bertz CT molecular complexity index is 978. The molecule has 1 saturated heterocycles. The average Bonchev–Trinajstić information content (AvgIpc) is 3.21. The number of hydrogen-bond acceptors (Lipinski definition) is 5. The van der Waals surface area contributed by atoms with Crippen LogP contribution >= 0.6 is 11.6 Å². The van der Waals surface area contributed by atoms with Crippen molar-refractivity contribution in [1.29, 1.82) is 0 Å². The molecule has 4 heterocycles. The molecule has 3 aromatic heterocycles. The van der Waals surface area contributed by atoms with Crippen molar-refractivity contribution in [2.75, 3.05) is 11.9 Å². The maximum Gasteiger partial charge on any atom is 0.256 e. The number of amides is 1. The minimum Gasteiger partial charge on any atom is -0.338 e. The van der Waals surface area contributed by atoms with Crippen molar-refractivity contribution in [3.05, 3.63) is 77.0 Å². The number of nitrogens with zero attached hydrogens (tertiary/aromatic N) is 4. The Hall–Kier alpha value is -2.99. The van der Waals surface area contributed by atoms with Gasteiger partial charge in [0.05, 0.1) is 34.2 Å². The highest BCUT2D eigenvalue weighted by molar-refractivity contribution is 6.33. The zero-order valence-corrected chi connectivity index (χ0v) is 16.2. The van der Waals surface area contributed by atoms with E-state index >= 15 is 0 Å². The fraction of sp³-hybridized carbons (Fsp3) is 0.238. The summed E-state index contributed by atoms with van der Waals surface area (Å²) in [6.07, 6.45) is 6.90. The molecule has 0 spiro atoms. The second-order valence-corrected chi connectivity index (χ2v) is 7.19. The molecular weight excluding hydrogens is 374 g/mol. The predicted molar refractivity (Wildman–Crippen MR) is 109 cm³/mol. The number of anilines is 2. The van der Waals surface area contributed by atoms with Crippen LogP contribution < -0.4 is 5.32 Å². The highest BCUT2D eigenvalue weighted by Crippen LogP contribution is 2.33. The van der Waals surface area contributed by atoms with E-state index in [0.29, 0.717) is 22.9 Å². The van der Waals surface area contributed by atoms with Gasteiger partial charge in [-0.05, 0) is 50.1 Å². The number of rotatable bonds is 4. The quantitative estimate of drug-likeness (QED) is 0.703. The lowest BCUT2D eigenvalue weighted by Gasteiger charge is -2.24. The molecular formula is C21H20ClN5O. The first-order valence-electron chi connectivity index (χ1n) is 9.19. The number of pyridine rings is 3. The van der Waals surface area contributed by atoms with E-state index in [2.05, 4.69) is 20.3 Å². The summed E-state index contributed by atoms with van der Waals surface area (Å²) in [5.41, 5.74) is 3.10. The van der Waals surface area contributed by atoms with Crippen LogP contribution in [-0.2, 0) is 0 Å². The Morgan fingerprint density at radius 2 is 2.07 bits per heavy atom. The van der Waals surface area contributed by atoms with Gasteiger partial charge in [-0.2, -0.15) is 0 Å². The number of aromatic nitrogens is 3. The predicted octanol–water partition coefficient (Wildman–Crippen LogP) is 4.55. The Kier molecular flexibility index (Phi) is 5.21. The fourth-order valence-electron chi connectivity index (χ4n) is 3.38. The molecule has 1 aliphatic heterocycles. The van der Waals surface area contributed by atoms with Crippen LogP contribution in [0.15, 0.2) is 55.0 Å². The summed E-state index contributed by atoms with van der Waals surface area (Å²) in [7, 11) is 0. The van der Waals surface area contributed by atoms with E-state index in [1.165, 1.54) is 0 Å². The number of hydrogen-bond donors (Lipinski definition) is 1. The van der Waals surface area contributed by atoms with E-state index in [1.807, 2.05) is 42.2 Å². The number of likely N-dealkylation sites (tertiary alicyclic amines) is 1. The standard InChI is InChI=1S/C21H20ClN5O/c1-14-7-8-16(13-24-14)26-20-17(22)11-15(12-25-20)21(28)27-10-4-6-19(27)18-5-2-3-9-23-18/h2-3,5,7-9,11-13,19H,4,6,10H2,1H3,(H,25,26). The maximum atomic E-state index is 13.1. The third kappa shape index (κ3) is 3.82. The van der Waals surface area contributed by atoms with E-state index in [9.17, 15) is 4.79 Å². The first-order chi connectivity index (χ1) is 13.6. The van der Waals surface area contributed by atoms with Gasteiger partial charge in [0.2, 0.25) is 0 Å². The molecule has 0 saturated carbocycles. The smallest absolute Gasteiger partial charge is 0.256 e. The molecule has 0 aromatic carbocycles. The van der Waals surface area contributed by atoms with Crippen molar-refractivity contribution >= 4 is 29.0 Å². The molecule has 1 unspecified atom stereocenters. The largest absolute Gasteiger partial charge is 0.338 e. The van der Waals surface area contributed by atoms with Gasteiger partial charge in [0.15, 0.2) is 0 Å². The van der Waals surface area contributed by atoms with Gasteiger partial charge in [-0.1, -0.05) is 17.7 Å². The van der Waals surface area contributed by atoms with Crippen LogP contribution in [0.2, 0.25) is 5.02 Å². The van der Waals surface area contributed by atoms with Crippen molar-refractivity contribution in [2.24, 2.45) is 0 Å². The van der Waals surface area contributed by atoms with E-state index in [4.69, 9.17) is 11.6 Å². The lowest BCUT2D eigenvalue weighted by Crippen LogP contribution is -2.31. The first-order valence-corrected chi connectivity index (χ1v) is 9.57. The van der Waals surface area contributed by atoms with Crippen molar-refractivity contribution < 1.29 is 4.79 Å². The zero-order chi connectivity index (χ0) is 19.5. The molecule has 4 rings (SSSR count). The zero-order valence-electron chi connectivity index (χ0n) is 15.5. The van der Waals surface area contributed by atoms with Gasteiger partial charge in [-0.15, -0.1) is 0 Å². The minimum atomic E-state index is -0.0777. The van der Waals surface area contributed by atoms with Crippen molar-refractivity contribution in [3.8, 4) is 0 Å². The Labute approximate surface area is 168 Å². The number of halogens is 1.